The Kier molecular flexibility index (Phi) is 7.98. The van der Waals surface area contributed by atoms with Gasteiger partial charge in [0.2, 0.25) is 0 Å². The fourth-order valence-corrected chi connectivity index (χ4v) is 3.01. The van der Waals surface area contributed by atoms with Crippen molar-refractivity contribution in [2.75, 3.05) is 38.1 Å². The first-order valence-corrected chi connectivity index (χ1v) is 9.51. The molecule has 1 aliphatic rings. The van der Waals surface area contributed by atoms with E-state index in [4.69, 9.17) is 0 Å². The Morgan fingerprint density at radius 1 is 1.28 bits per heavy atom. The van der Waals surface area contributed by atoms with Gasteiger partial charge in [0.05, 0.1) is 0 Å². The Balaban J connectivity index is 1.77. The first-order valence-electron chi connectivity index (χ1n) is 9.51. The molecular weight excluding hydrogens is 314 g/mol. The molecule has 1 saturated heterocycles. The van der Waals surface area contributed by atoms with Crippen LogP contribution in [0.3, 0.4) is 0 Å². The molecule has 6 heteroatoms. The molecule has 1 aromatic heterocycles. The van der Waals surface area contributed by atoms with Crippen molar-refractivity contribution in [1.29, 1.82) is 0 Å². The summed E-state index contributed by atoms with van der Waals surface area (Å²) < 4.78 is 0. The van der Waals surface area contributed by atoms with E-state index in [9.17, 15) is 4.79 Å². The van der Waals surface area contributed by atoms with Crippen LogP contribution < -0.4 is 15.5 Å². The zero-order valence-corrected chi connectivity index (χ0v) is 15.9. The van der Waals surface area contributed by atoms with Crippen LogP contribution in [0.25, 0.3) is 0 Å². The number of piperazine rings is 1. The average molecular weight is 348 g/mol. The van der Waals surface area contributed by atoms with E-state index >= 15 is 0 Å². The van der Waals surface area contributed by atoms with Crippen molar-refractivity contribution >= 4 is 11.8 Å². The summed E-state index contributed by atoms with van der Waals surface area (Å²) in [5, 5.41) is 5.96. The zero-order chi connectivity index (χ0) is 18.1. The highest BCUT2D eigenvalue weighted by atomic mass is 16.2. The van der Waals surface area contributed by atoms with Crippen LogP contribution in [-0.2, 0) is 6.54 Å². The summed E-state index contributed by atoms with van der Waals surface area (Å²) in [4.78, 5) is 21.1. The molecular formula is C19H33N5O. The molecule has 140 valence electrons. The minimum absolute atomic E-state index is 0.0954. The second-order valence-electron chi connectivity index (χ2n) is 7.04. The Morgan fingerprint density at radius 2 is 2.04 bits per heavy atom. The highest BCUT2D eigenvalue weighted by Crippen LogP contribution is 2.14. The summed E-state index contributed by atoms with van der Waals surface area (Å²) in [5.41, 5.74) is 1.08. The minimum atomic E-state index is -0.0954. The zero-order valence-electron chi connectivity index (χ0n) is 15.9. The van der Waals surface area contributed by atoms with Gasteiger partial charge < -0.3 is 20.4 Å². The van der Waals surface area contributed by atoms with Crippen LogP contribution in [0.2, 0.25) is 0 Å². The van der Waals surface area contributed by atoms with E-state index < -0.39 is 0 Å². The summed E-state index contributed by atoms with van der Waals surface area (Å²) in [6.45, 7) is 8.89. The number of hydrogen-bond acceptors (Lipinski definition) is 4. The first-order chi connectivity index (χ1) is 12.1. The number of hydrogen-bond donors (Lipinski definition) is 2. The number of unbranched alkanes of at least 4 members (excludes halogenated alkanes) is 2. The van der Waals surface area contributed by atoms with Gasteiger partial charge in [-0.2, -0.15) is 0 Å². The normalized spacial score (nSPS) is 16.5. The van der Waals surface area contributed by atoms with Crippen molar-refractivity contribution in [2.45, 2.75) is 52.1 Å². The number of likely N-dealkylation sites (N-methyl/N-ethyl adjacent to an activating group) is 1. The molecule has 1 atom stereocenters. The van der Waals surface area contributed by atoms with Crippen LogP contribution in [0.5, 0.6) is 0 Å². The summed E-state index contributed by atoms with van der Waals surface area (Å²) in [6, 6.07) is 4.16. The molecule has 0 aromatic carbocycles. The third kappa shape index (κ3) is 6.90. The van der Waals surface area contributed by atoms with Crippen molar-refractivity contribution in [3.05, 3.63) is 23.9 Å². The third-order valence-corrected chi connectivity index (χ3v) is 4.71. The Morgan fingerprint density at radius 3 is 2.76 bits per heavy atom. The number of amides is 2. The second kappa shape index (κ2) is 10.2. The monoisotopic (exact) mass is 347 g/mol. The third-order valence-electron chi connectivity index (χ3n) is 4.71. The van der Waals surface area contributed by atoms with Gasteiger partial charge in [-0.1, -0.05) is 26.2 Å². The SMILES string of the molecule is CCCCCC(C)NC(=O)NCc1ccnc(N2CCN(C)CC2)c1. The Hall–Kier alpha value is -1.82. The van der Waals surface area contributed by atoms with Crippen LogP contribution in [0.15, 0.2) is 18.3 Å². The fraction of sp³-hybridized carbons (Fsp3) is 0.684. The molecule has 25 heavy (non-hydrogen) atoms. The van der Waals surface area contributed by atoms with Gasteiger partial charge in [-0.15, -0.1) is 0 Å². The maximum absolute atomic E-state index is 12.0. The van der Waals surface area contributed by atoms with Crippen LogP contribution >= 0.6 is 0 Å². The first kappa shape index (κ1) is 19.5. The topological polar surface area (TPSA) is 60.5 Å². The average Bonchev–Trinajstić information content (AvgIpc) is 2.61. The van der Waals surface area contributed by atoms with Crippen LogP contribution in [0, 0.1) is 0 Å². The summed E-state index contributed by atoms with van der Waals surface area (Å²) >= 11 is 0. The van der Waals surface area contributed by atoms with E-state index in [0.29, 0.717) is 6.54 Å². The predicted octanol–water partition coefficient (Wildman–Crippen LogP) is 2.60. The van der Waals surface area contributed by atoms with Crippen LogP contribution in [0.1, 0.15) is 45.1 Å². The smallest absolute Gasteiger partial charge is 0.315 e. The van der Waals surface area contributed by atoms with Crippen molar-refractivity contribution in [3.8, 4) is 0 Å². The van der Waals surface area contributed by atoms with E-state index in [1.54, 1.807) is 0 Å². The van der Waals surface area contributed by atoms with E-state index in [2.05, 4.69) is 52.4 Å². The van der Waals surface area contributed by atoms with Crippen LogP contribution in [0.4, 0.5) is 10.6 Å². The van der Waals surface area contributed by atoms with Gasteiger partial charge >= 0.3 is 6.03 Å². The lowest BCUT2D eigenvalue weighted by Crippen LogP contribution is -2.44. The van der Waals surface area contributed by atoms with Gasteiger partial charge in [-0.3, -0.25) is 0 Å². The van der Waals surface area contributed by atoms with Gasteiger partial charge in [0.25, 0.3) is 0 Å². The van der Waals surface area contributed by atoms with E-state index in [1.165, 1.54) is 12.8 Å². The number of carbonyl (C=O) groups is 1. The van der Waals surface area contributed by atoms with Gasteiger partial charge in [0.1, 0.15) is 5.82 Å². The molecule has 1 fully saturated rings. The molecule has 0 saturated carbocycles. The molecule has 2 rings (SSSR count). The van der Waals surface area contributed by atoms with Crippen molar-refractivity contribution < 1.29 is 4.79 Å². The standard InChI is InChI=1S/C19H33N5O/c1-4-5-6-7-16(2)22-19(25)21-15-17-8-9-20-18(14-17)24-12-10-23(3)11-13-24/h8-9,14,16H,4-7,10-13,15H2,1-3H3,(H2,21,22,25). The highest BCUT2D eigenvalue weighted by Gasteiger charge is 2.15. The summed E-state index contributed by atoms with van der Waals surface area (Å²) in [5.74, 6) is 1.00. The molecule has 2 amide bonds. The van der Waals surface area contributed by atoms with Crippen LogP contribution in [-0.4, -0.2) is 55.2 Å². The summed E-state index contributed by atoms with van der Waals surface area (Å²) in [7, 11) is 2.15. The van der Waals surface area contributed by atoms with Gasteiger partial charge in [-0.25, -0.2) is 9.78 Å². The maximum Gasteiger partial charge on any atom is 0.315 e. The molecule has 2 N–H and O–H groups in total. The predicted molar refractivity (Wildman–Crippen MR) is 103 cm³/mol. The lowest BCUT2D eigenvalue weighted by Gasteiger charge is -2.33. The van der Waals surface area contributed by atoms with Gasteiger partial charge in [0, 0.05) is 45.0 Å². The molecule has 1 unspecified atom stereocenters. The molecule has 1 aromatic rings. The fourth-order valence-electron chi connectivity index (χ4n) is 3.01. The highest BCUT2D eigenvalue weighted by molar-refractivity contribution is 5.74. The number of rotatable bonds is 8. The number of urea groups is 1. The lowest BCUT2D eigenvalue weighted by atomic mass is 10.1. The van der Waals surface area contributed by atoms with Crippen molar-refractivity contribution in [3.63, 3.8) is 0 Å². The minimum Gasteiger partial charge on any atom is -0.354 e. The number of nitrogens with zero attached hydrogens (tertiary/aromatic N) is 3. The van der Waals surface area contributed by atoms with Crippen molar-refractivity contribution in [2.24, 2.45) is 0 Å². The maximum atomic E-state index is 12.0. The number of nitrogens with one attached hydrogen (secondary N) is 2. The number of anilines is 1. The molecule has 0 aliphatic carbocycles. The lowest BCUT2D eigenvalue weighted by molar-refractivity contribution is 0.236. The van der Waals surface area contributed by atoms with E-state index in [0.717, 1.165) is 50.4 Å². The number of pyridine rings is 1. The Bertz CT molecular complexity index is 528. The second-order valence-corrected chi connectivity index (χ2v) is 7.04. The summed E-state index contributed by atoms with van der Waals surface area (Å²) in [6.07, 6.45) is 6.45. The van der Waals surface area contributed by atoms with Gasteiger partial charge in [-0.05, 0) is 38.1 Å². The van der Waals surface area contributed by atoms with Gasteiger partial charge in [0.15, 0.2) is 0 Å². The number of aromatic nitrogens is 1. The number of carbonyl (C=O) groups excluding carboxylic acids is 1. The van der Waals surface area contributed by atoms with E-state index in [1.807, 2.05) is 12.3 Å². The Labute approximate surface area is 152 Å². The molecule has 0 radical (unpaired) electrons. The van der Waals surface area contributed by atoms with Crippen molar-refractivity contribution in [1.82, 2.24) is 20.5 Å². The molecule has 1 aliphatic heterocycles. The molecule has 0 bridgehead atoms. The molecule has 6 nitrogen and oxygen atoms in total. The largest absolute Gasteiger partial charge is 0.354 e. The van der Waals surface area contributed by atoms with E-state index in [-0.39, 0.29) is 12.1 Å². The molecule has 2 heterocycles. The quantitative estimate of drug-likeness (QED) is 0.710. The molecule has 0 spiro atoms.